The molecule has 0 fully saturated rings. The average Bonchev–Trinajstić information content (AvgIpc) is 2.81. The molecule has 3 rings (SSSR count). The van der Waals surface area contributed by atoms with Crippen LogP contribution in [-0.2, 0) is 6.54 Å². The SMILES string of the molecule is NCc1ccc(-c2nc3cc(Br)ccn3n2)cc1. The van der Waals surface area contributed by atoms with E-state index in [9.17, 15) is 0 Å². The maximum Gasteiger partial charge on any atom is 0.182 e. The van der Waals surface area contributed by atoms with E-state index >= 15 is 0 Å². The van der Waals surface area contributed by atoms with Crippen LogP contribution in [0.3, 0.4) is 0 Å². The van der Waals surface area contributed by atoms with Crippen LogP contribution in [0.2, 0.25) is 0 Å². The van der Waals surface area contributed by atoms with Crippen LogP contribution in [0.4, 0.5) is 0 Å². The fraction of sp³-hybridized carbons (Fsp3) is 0.0769. The molecule has 0 aliphatic carbocycles. The lowest BCUT2D eigenvalue weighted by atomic mass is 10.1. The molecule has 0 aliphatic rings. The van der Waals surface area contributed by atoms with Crippen molar-refractivity contribution in [3.8, 4) is 11.4 Å². The first kappa shape index (κ1) is 11.4. The molecule has 0 unspecified atom stereocenters. The maximum atomic E-state index is 5.58. The van der Waals surface area contributed by atoms with Crippen LogP contribution in [-0.4, -0.2) is 14.6 Å². The summed E-state index contributed by atoms with van der Waals surface area (Å²) in [6.45, 7) is 0.547. The van der Waals surface area contributed by atoms with Gasteiger partial charge in [-0.15, -0.1) is 5.10 Å². The lowest BCUT2D eigenvalue weighted by Gasteiger charge is -1.97. The van der Waals surface area contributed by atoms with Crippen LogP contribution in [0.25, 0.3) is 17.0 Å². The fourth-order valence-corrected chi connectivity index (χ4v) is 2.09. The Labute approximate surface area is 113 Å². The molecule has 1 aromatic carbocycles. The quantitative estimate of drug-likeness (QED) is 0.792. The zero-order valence-electron chi connectivity index (χ0n) is 9.55. The molecule has 18 heavy (non-hydrogen) atoms. The summed E-state index contributed by atoms with van der Waals surface area (Å²) >= 11 is 3.42. The molecule has 0 spiro atoms. The highest BCUT2D eigenvalue weighted by molar-refractivity contribution is 9.10. The van der Waals surface area contributed by atoms with Gasteiger partial charge in [0.1, 0.15) is 0 Å². The Kier molecular flexibility index (Phi) is 2.85. The van der Waals surface area contributed by atoms with Gasteiger partial charge in [-0.25, -0.2) is 9.50 Å². The van der Waals surface area contributed by atoms with Crippen molar-refractivity contribution in [2.24, 2.45) is 5.73 Å². The van der Waals surface area contributed by atoms with Crippen molar-refractivity contribution in [3.05, 3.63) is 52.6 Å². The molecule has 3 aromatic rings. The highest BCUT2D eigenvalue weighted by atomic mass is 79.9. The van der Waals surface area contributed by atoms with Crippen LogP contribution in [0.15, 0.2) is 47.1 Å². The highest BCUT2D eigenvalue weighted by Crippen LogP contribution is 2.18. The second-order valence-electron chi connectivity index (χ2n) is 3.98. The third-order valence-electron chi connectivity index (χ3n) is 2.75. The third-order valence-corrected chi connectivity index (χ3v) is 3.24. The molecular formula is C13H11BrN4. The summed E-state index contributed by atoms with van der Waals surface area (Å²) in [7, 11) is 0. The fourth-order valence-electron chi connectivity index (χ4n) is 1.77. The van der Waals surface area contributed by atoms with Crippen LogP contribution in [0.5, 0.6) is 0 Å². The van der Waals surface area contributed by atoms with E-state index in [4.69, 9.17) is 5.73 Å². The van der Waals surface area contributed by atoms with Crippen LogP contribution in [0, 0.1) is 0 Å². The number of rotatable bonds is 2. The maximum absolute atomic E-state index is 5.58. The van der Waals surface area contributed by atoms with Gasteiger partial charge in [-0.2, -0.15) is 0 Å². The highest BCUT2D eigenvalue weighted by Gasteiger charge is 2.06. The molecule has 90 valence electrons. The number of halogens is 1. The Hall–Kier alpha value is -1.72. The number of aromatic nitrogens is 3. The van der Waals surface area contributed by atoms with Crippen LogP contribution in [0.1, 0.15) is 5.56 Å². The second kappa shape index (κ2) is 4.51. The molecule has 0 amide bonds. The van der Waals surface area contributed by atoms with Gasteiger partial charge in [-0.1, -0.05) is 40.2 Å². The molecule has 5 heteroatoms. The summed E-state index contributed by atoms with van der Waals surface area (Å²) in [6.07, 6.45) is 1.88. The van der Waals surface area contributed by atoms with Gasteiger partial charge in [-0.05, 0) is 17.7 Å². The van der Waals surface area contributed by atoms with E-state index in [0.29, 0.717) is 6.54 Å². The number of hydrogen-bond acceptors (Lipinski definition) is 3. The second-order valence-corrected chi connectivity index (χ2v) is 4.90. The summed E-state index contributed by atoms with van der Waals surface area (Å²) in [6, 6.07) is 11.8. The number of nitrogens with zero attached hydrogens (tertiary/aromatic N) is 3. The van der Waals surface area contributed by atoms with Crippen molar-refractivity contribution < 1.29 is 0 Å². The van der Waals surface area contributed by atoms with Gasteiger partial charge in [0.2, 0.25) is 0 Å². The van der Waals surface area contributed by atoms with Crippen molar-refractivity contribution in [3.63, 3.8) is 0 Å². The van der Waals surface area contributed by atoms with Gasteiger partial charge in [-0.3, -0.25) is 0 Å². The van der Waals surface area contributed by atoms with E-state index in [1.807, 2.05) is 42.6 Å². The van der Waals surface area contributed by atoms with Gasteiger partial charge in [0.25, 0.3) is 0 Å². The minimum Gasteiger partial charge on any atom is -0.326 e. The minimum atomic E-state index is 0.547. The van der Waals surface area contributed by atoms with Crippen molar-refractivity contribution in [1.82, 2.24) is 14.6 Å². The molecular weight excluding hydrogens is 292 g/mol. The zero-order valence-corrected chi connectivity index (χ0v) is 11.1. The van der Waals surface area contributed by atoms with Gasteiger partial charge in [0.15, 0.2) is 11.5 Å². The van der Waals surface area contributed by atoms with E-state index in [1.54, 1.807) is 4.52 Å². The number of nitrogens with two attached hydrogens (primary N) is 1. The van der Waals surface area contributed by atoms with Crippen molar-refractivity contribution in [2.75, 3.05) is 0 Å². The summed E-state index contributed by atoms with van der Waals surface area (Å²) in [5, 5.41) is 4.43. The summed E-state index contributed by atoms with van der Waals surface area (Å²) in [5.41, 5.74) is 8.49. The molecule has 0 bridgehead atoms. The Morgan fingerprint density at radius 1 is 1.17 bits per heavy atom. The molecule has 2 aromatic heterocycles. The molecule has 0 atom stereocenters. The number of hydrogen-bond donors (Lipinski definition) is 1. The van der Waals surface area contributed by atoms with Crippen molar-refractivity contribution in [1.29, 1.82) is 0 Å². The first-order chi connectivity index (χ1) is 8.76. The average molecular weight is 303 g/mol. The standard InChI is InChI=1S/C13H11BrN4/c14-11-5-6-18-12(7-11)16-13(17-18)10-3-1-9(8-15)2-4-10/h1-7H,8,15H2. The van der Waals surface area contributed by atoms with Crippen molar-refractivity contribution >= 4 is 21.6 Å². The smallest absolute Gasteiger partial charge is 0.182 e. The molecule has 0 aliphatic heterocycles. The Balaban J connectivity index is 2.07. The Morgan fingerprint density at radius 3 is 2.67 bits per heavy atom. The third kappa shape index (κ3) is 2.02. The molecule has 4 nitrogen and oxygen atoms in total. The van der Waals surface area contributed by atoms with Crippen LogP contribution < -0.4 is 5.73 Å². The summed E-state index contributed by atoms with van der Waals surface area (Å²) in [4.78, 5) is 4.49. The predicted molar refractivity (Wildman–Crippen MR) is 74.0 cm³/mol. The summed E-state index contributed by atoms with van der Waals surface area (Å²) in [5.74, 6) is 0.719. The first-order valence-electron chi connectivity index (χ1n) is 5.57. The lowest BCUT2D eigenvalue weighted by molar-refractivity contribution is 0.964. The number of fused-ring (bicyclic) bond motifs is 1. The van der Waals surface area contributed by atoms with E-state index in [1.165, 1.54) is 0 Å². The van der Waals surface area contributed by atoms with E-state index in [2.05, 4.69) is 26.0 Å². The van der Waals surface area contributed by atoms with E-state index in [-0.39, 0.29) is 0 Å². The molecule has 2 N–H and O–H groups in total. The van der Waals surface area contributed by atoms with E-state index < -0.39 is 0 Å². The van der Waals surface area contributed by atoms with Gasteiger partial charge in [0, 0.05) is 22.8 Å². The number of pyridine rings is 1. The zero-order chi connectivity index (χ0) is 12.5. The van der Waals surface area contributed by atoms with Gasteiger partial charge >= 0.3 is 0 Å². The molecule has 2 heterocycles. The Morgan fingerprint density at radius 2 is 1.94 bits per heavy atom. The van der Waals surface area contributed by atoms with Gasteiger partial charge in [0.05, 0.1) is 0 Å². The van der Waals surface area contributed by atoms with Gasteiger partial charge < -0.3 is 5.73 Å². The Bertz CT molecular complexity index is 688. The lowest BCUT2D eigenvalue weighted by Crippen LogP contribution is -1.95. The van der Waals surface area contributed by atoms with Crippen LogP contribution >= 0.6 is 15.9 Å². The molecule has 0 saturated heterocycles. The van der Waals surface area contributed by atoms with Crippen molar-refractivity contribution in [2.45, 2.75) is 6.54 Å². The summed E-state index contributed by atoms with van der Waals surface area (Å²) < 4.78 is 2.75. The predicted octanol–water partition coefficient (Wildman–Crippen LogP) is 2.62. The normalized spacial score (nSPS) is 11.0. The largest absolute Gasteiger partial charge is 0.326 e. The minimum absolute atomic E-state index is 0.547. The van der Waals surface area contributed by atoms with E-state index in [0.717, 1.165) is 27.1 Å². The first-order valence-corrected chi connectivity index (χ1v) is 6.37. The molecule has 0 radical (unpaired) electrons. The topological polar surface area (TPSA) is 56.2 Å². The monoisotopic (exact) mass is 302 g/mol. The molecule has 0 saturated carbocycles. The number of benzene rings is 1.